The number of ether oxygens (including phenoxy) is 1. The van der Waals surface area contributed by atoms with Crippen molar-refractivity contribution in [2.75, 3.05) is 13.2 Å². The Morgan fingerprint density at radius 3 is 1.52 bits per heavy atom. The van der Waals surface area contributed by atoms with Crippen LogP contribution in [0.25, 0.3) is 0 Å². The summed E-state index contributed by atoms with van der Waals surface area (Å²) in [4.78, 5) is 30.9. The van der Waals surface area contributed by atoms with Gasteiger partial charge >= 0.3 is 5.97 Å². The molecule has 0 aromatic heterocycles. The van der Waals surface area contributed by atoms with Crippen molar-refractivity contribution in [1.29, 1.82) is 0 Å². The van der Waals surface area contributed by atoms with Gasteiger partial charge in [-0.1, -0.05) is 58.3 Å². The largest absolute Gasteiger partial charge is 0.457 e. The molecule has 0 bridgehead atoms. The van der Waals surface area contributed by atoms with E-state index in [0.29, 0.717) is 6.42 Å². The van der Waals surface area contributed by atoms with Crippen LogP contribution < -0.4 is 0 Å². The minimum atomic E-state index is -0.758. The van der Waals surface area contributed by atoms with E-state index in [2.05, 4.69) is 6.92 Å². The molecule has 0 amide bonds. The summed E-state index contributed by atoms with van der Waals surface area (Å²) < 4.78 is 4.88. The van der Waals surface area contributed by atoms with Crippen LogP contribution in [0.5, 0.6) is 0 Å². The maximum absolute atomic E-state index is 11.3. The average molecular weight is 360 g/mol. The van der Waals surface area contributed by atoms with Crippen LogP contribution in [-0.4, -0.2) is 47.1 Å². The van der Waals surface area contributed by atoms with Crippen molar-refractivity contribution < 1.29 is 29.3 Å². The molecule has 6 nitrogen and oxygen atoms in total. The smallest absolute Gasteiger partial charge is 0.306 e. The van der Waals surface area contributed by atoms with Gasteiger partial charge in [0.05, 0.1) is 13.2 Å². The maximum atomic E-state index is 11.3. The number of rotatable bonds is 14. The highest BCUT2D eigenvalue weighted by Gasteiger charge is 2.11. The predicted octanol–water partition coefficient (Wildman–Crippen LogP) is 2.97. The van der Waals surface area contributed by atoms with Crippen molar-refractivity contribution in [1.82, 2.24) is 0 Å². The maximum Gasteiger partial charge on any atom is 0.306 e. The van der Waals surface area contributed by atoms with Crippen molar-refractivity contribution in [2.24, 2.45) is 0 Å². The first-order chi connectivity index (χ1) is 11.9. The number of unbranched alkanes of at least 4 members (excludes halogenated alkanes) is 8. The lowest BCUT2D eigenvalue weighted by atomic mass is 10.1. The molecule has 0 aromatic carbocycles. The van der Waals surface area contributed by atoms with Crippen molar-refractivity contribution in [2.45, 2.75) is 91.1 Å². The third-order valence-electron chi connectivity index (χ3n) is 3.69. The van der Waals surface area contributed by atoms with Crippen LogP contribution in [0.4, 0.5) is 0 Å². The summed E-state index contributed by atoms with van der Waals surface area (Å²) in [5.41, 5.74) is 0. The molecule has 0 aliphatic carbocycles. The zero-order chi connectivity index (χ0) is 19.5. The van der Waals surface area contributed by atoms with Gasteiger partial charge in [-0.25, -0.2) is 0 Å². The Morgan fingerprint density at radius 2 is 1.16 bits per heavy atom. The first kappa shape index (κ1) is 26.0. The number of carbonyl (C=O) groups excluding carboxylic acids is 3. The van der Waals surface area contributed by atoms with Gasteiger partial charge in [-0.05, 0) is 6.42 Å². The van der Waals surface area contributed by atoms with Gasteiger partial charge < -0.3 is 14.9 Å². The van der Waals surface area contributed by atoms with Gasteiger partial charge in [0.25, 0.3) is 0 Å². The van der Waals surface area contributed by atoms with Crippen molar-refractivity contribution >= 4 is 17.5 Å². The fraction of sp³-hybridized carbons (Fsp3) is 0.842. The molecule has 0 atom stereocenters. The van der Waals surface area contributed by atoms with Crippen molar-refractivity contribution in [3.8, 4) is 0 Å². The minimum Gasteiger partial charge on any atom is -0.457 e. The molecule has 0 saturated carbocycles. The van der Waals surface area contributed by atoms with Crippen LogP contribution in [0.3, 0.4) is 0 Å². The third-order valence-corrected chi connectivity index (χ3v) is 3.69. The summed E-state index contributed by atoms with van der Waals surface area (Å²) in [7, 11) is 0. The summed E-state index contributed by atoms with van der Waals surface area (Å²) in [5.74, 6) is -1.08. The monoisotopic (exact) mass is 360 g/mol. The van der Waals surface area contributed by atoms with E-state index in [1.165, 1.54) is 58.8 Å². The van der Waals surface area contributed by atoms with Crippen LogP contribution in [0.15, 0.2) is 0 Å². The second kappa shape index (κ2) is 19.1. The predicted molar refractivity (Wildman–Crippen MR) is 97.3 cm³/mol. The van der Waals surface area contributed by atoms with Crippen LogP contribution in [0.1, 0.15) is 85.0 Å². The second-order valence-corrected chi connectivity index (χ2v) is 6.17. The topological polar surface area (TPSA) is 101 Å². The number of carbonyl (C=O) groups is 3. The van der Waals surface area contributed by atoms with E-state index in [1.54, 1.807) is 0 Å². The zero-order valence-electron chi connectivity index (χ0n) is 16.1. The first-order valence-corrected chi connectivity index (χ1v) is 9.31. The fourth-order valence-electron chi connectivity index (χ4n) is 1.96. The SMILES string of the molecule is CC(=O)C(C)=O.CCCCCCCCCCCC(=O)OC(CO)CO. The number of Topliss-reactive ketones (excluding diaryl/α,β-unsaturated/α-hetero) is 2. The molecular weight excluding hydrogens is 324 g/mol. The Hall–Kier alpha value is -1.27. The lowest BCUT2D eigenvalue weighted by Crippen LogP contribution is -2.25. The molecule has 0 fully saturated rings. The zero-order valence-corrected chi connectivity index (χ0v) is 16.1. The number of hydrogen-bond donors (Lipinski definition) is 2. The lowest BCUT2D eigenvalue weighted by Gasteiger charge is -2.12. The lowest BCUT2D eigenvalue weighted by molar-refractivity contribution is -0.153. The highest BCUT2D eigenvalue weighted by molar-refractivity contribution is 6.35. The van der Waals surface area contributed by atoms with Gasteiger partial charge in [-0.2, -0.15) is 0 Å². The Bertz CT molecular complexity index is 338. The molecular formula is C19H36O6. The molecule has 0 heterocycles. The van der Waals surface area contributed by atoms with Gasteiger partial charge in [0.1, 0.15) is 6.10 Å². The van der Waals surface area contributed by atoms with E-state index < -0.39 is 6.10 Å². The summed E-state index contributed by atoms with van der Waals surface area (Å²) in [6.07, 6.45) is 10.5. The van der Waals surface area contributed by atoms with Crippen molar-refractivity contribution in [3.05, 3.63) is 0 Å². The van der Waals surface area contributed by atoms with E-state index in [-0.39, 0.29) is 30.7 Å². The molecule has 2 N–H and O–H groups in total. The van der Waals surface area contributed by atoms with Gasteiger partial charge in [-0.3, -0.25) is 14.4 Å². The first-order valence-electron chi connectivity index (χ1n) is 9.31. The molecule has 6 heteroatoms. The van der Waals surface area contributed by atoms with E-state index in [9.17, 15) is 14.4 Å². The number of hydrogen-bond acceptors (Lipinski definition) is 6. The number of ketones is 2. The summed E-state index contributed by atoms with van der Waals surface area (Å²) in [5, 5.41) is 17.5. The number of aliphatic hydroxyl groups is 2. The molecule has 0 aliphatic rings. The van der Waals surface area contributed by atoms with E-state index >= 15 is 0 Å². The van der Waals surface area contributed by atoms with Gasteiger partial charge in [0.2, 0.25) is 0 Å². The van der Waals surface area contributed by atoms with E-state index in [4.69, 9.17) is 14.9 Å². The Balaban J connectivity index is 0. The van der Waals surface area contributed by atoms with Crippen molar-refractivity contribution in [3.63, 3.8) is 0 Å². The molecule has 0 rings (SSSR count). The average Bonchev–Trinajstić information content (AvgIpc) is 2.58. The molecule has 0 aromatic rings. The second-order valence-electron chi connectivity index (χ2n) is 6.17. The van der Waals surface area contributed by atoms with Crippen LogP contribution >= 0.6 is 0 Å². The van der Waals surface area contributed by atoms with Crippen LogP contribution in [0, 0.1) is 0 Å². The minimum absolute atomic E-state index is 0.319. The normalized spacial score (nSPS) is 10.2. The molecule has 0 saturated heterocycles. The summed E-state index contributed by atoms with van der Waals surface area (Å²) >= 11 is 0. The van der Waals surface area contributed by atoms with Crippen LogP contribution in [0.2, 0.25) is 0 Å². The quantitative estimate of drug-likeness (QED) is 0.281. The Kier molecular flexibility index (Phi) is 19.8. The molecule has 25 heavy (non-hydrogen) atoms. The standard InChI is InChI=1S/C15H30O4.C4H6O2/c1-2-3-4-5-6-7-8-9-10-11-15(18)19-14(12-16)13-17;1-3(5)4(2)6/h14,16-17H,2-13H2,1H3;1-2H3. The van der Waals surface area contributed by atoms with E-state index in [0.717, 1.165) is 12.8 Å². The Labute approximate surface area is 152 Å². The highest BCUT2D eigenvalue weighted by Crippen LogP contribution is 2.11. The molecule has 0 radical (unpaired) electrons. The van der Waals surface area contributed by atoms with Gasteiger partial charge in [0.15, 0.2) is 11.6 Å². The Morgan fingerprint density at radius 1 is 0.760 bits per heavy atom. The number of aliphatic hydroxyl groups excluding tert-OH is 2. The fourth-order valence-corrected chi connectivity index (χ4v) is 1.96. The molecule has 148 valence electrons. The highest BCUT2D eigenvalue weighted by atomic mass is 16.6. The molecule has 0 unspecified atom stereocenters. The third kappa shape index (κ3) is 20.7. The van der Waals surface area contributed by atoms with Gasteiger partial charge in [-0.15, -0.1) is 0 Å². The van der Waals surface area contributed by atoms with E-state index in [1.807, 2.05) is 0 Å². The molecule has 0 aliphatic heterocycles. The molecule has 0 spiro atoms. The van der Waals surface area contributed by atoms with Crippen LogP contribution in [-0.2, 0) is 19.1 Å². The number of esters is 1. The van der Waals surface area contributed by atoms with Gasteiger partial charge in [0, 0.05) is 20.3 Å². The summed E-state index contributed by atoms with van der Waals surface area (Å²) in [6.45, 7) is 4.09. The summed E-state index contributed by atoms with van der Waals surface area (Å²) in [6, 6.07) is 0.